The van der Waals surface area contributed by atoms with Crippen LogP contribution in [0.25, 0.3) is 0 Å². The summed E-state index contributed by atoms with van der Waals surface area (Å²) in [6, 6.07) is 0. The van der Waals surface area contributed by atoms with Gasteiger partial charge in [0.1, 0.15) is 0 Å². The topological polar surface area (TPSA) is 26.0 Å². The van der Waals surface area contributed by atoms with Crippen LogP contribution < -0.4 is 5.73 Å². The van der Waals surface area contributed by atoms with Gasteiger partial charge < -0.3 is 5.73 Å². The van der Waals surface area contributed by atoms with Crippen molar-refractivity contribution in [1.29, 1.82) is 0 Å². The Morgan fingerprint density at radius 1 is 1.25 bits per heavy atom. The van der Waals surface area contributed by atoms with Crippen molar-refractivity contribution in [2.75, 3.05) is 0 Å². The molecule has 0 amide bonds. The van der Waals surface area contributed by atoms with E-state index in [4.69, 9.17) is 5.73 Å². The third-order valence-electron chi connectivity index (χ3n) is 3.66. The molecule has 96 valence electrons. The summed E-state index contributed by atoms with van der Waals surface area (Å²) in [5, 5.41) is 0. The molecule has 0 radical (unpaired) electrons. The highest BCUT2D eigenvalue weighted by molar-refractivity contribution is 4.91. The van der Waals surface area contributed by atoms with Crippen LogP contribution in [0.15, 0.2) is 0 Å². The lowest BCUT2D eigenvalue weighted by molar-refractivity contribution is -0.184. The molecule has 0 atom stereocenters. The second-order valence-electron chi connectivity index (χ2n) is 5.61. The molecule has 0 aromatic heterocycles. The molecule has 0 heterocycles. The zero-order valence-corrected chi connectivity index (χ0v) is 10.1. The minimum absolute atomic E-state index is 0.206. The molecule has 0 unspecified atom stereocenters. The van der Waals surface area contributed by atoms with Crippen LogP contribution in [0.2, 0.25) is 0 Å². The molecule has 0 aromatic carbocycles. The van der Waals surface area contributed by atoms with Crippen LogP contribution in [0.1, 0.15) is 52.4 Å². The van der Waals surface area contributed by atoms with Gasteiger partial charge >= 0.3 is 6.18 Å². The number of rotatable bonds is 3. The molecule has 0 aromatic rings. The Hall–Kier alpha value is -0.250. The first kappa shape index (κ1) is 13.8. The molecule has 1 aliphatic rings. The number of alkyl halides is 3. The van der Waals surface area contributed by atoms with E-state index in [2.05, 4.69) is 13.8 Å². The van der Waals surface area contributed by atoms with E-state index in [1.807, 2.05) is 0 Å². The summed E-state index contributed by atoms with van der Waals surface area (Å²) in [6.07, 6.45) is -0.716. The molecular formula is C12H22F3N. The van der Waals surface area contributed by atoms with Gasteiger partial charge in [-0.2, -0.15) is 13.2 Å². The van der Waals surface area contributed by atoms with Crippen LogP contribution in [0.5, 0.6) is 0 Å². The number of halogens is 3. The normalized spacial score (nSPS) is 32.1. The van der Waals surface area contributed by atoms with E-state index in [1.165, 1.54) is 0 Å². The first-order valence-corrected chi connectivity index (χ1v) is 6.08. The van der Waals surface area contributed by atoms with Crippen LogP contribution in [0.4, 0.5) is 13.2 Å². The molecule has 1 saturated carbocycles. The Morgan fingerprint density at radius 3 is 2.12 bits per heavy atom. The Morgan fingerprint density at radius 2 is 1.75 bits per heavy atom. The van der Waals surface area contributed by atoms with Gasteiger partial charge in [0.25, 0.3) is 0 Å². The molecule has 16 heavy (non-hydrogen) atoms. The SMILES string of the molecule is CC(C)CCC1(N)CCC(C(F)(F)F)CC1. The predicted octanol–water partition coefficient (Wildman–Crippen LogP) is 3.87. The second-order valence-corrected chi connectivity index (χ2v) is 5.61. The summed E-state index contributed by atoms with van der Waals surface area (Å²) in [6.45, 7) is 4.23. The van der Waals surface area contributed by atoms with E-state index in [9.17, 15) is 13.2 Å². The maximum absolute atomic E-state index is 12.5. The Bertz CT molecular complexity index is 215. The van der Waals surface area contributed by atoms with Gasteiger partial charge in [0.2, 0.25) is 0 Å². The largest absolute Gasteiger partial charge is 0.391 e. The molecule has 2 N–H and O–H groups in total. The van der Waals surface area contributed by atoms with Gasteiger partial charge in [0.05, 0.1) is 5.92 Å². The fourth-order valence-corrected chi connectivity index (χ4v) is 2.35. The third kappa shape index (κ3) is 3.96. The van der Waals surface area contributed by atoms with Gasteiger partial charge in [0, 0.05) is 5.54 Å². The second kappa shape index (κ2) is 4.94. The maximum Gasteiger partial charge on any atom is 0.391 e. The molecule has 1 rings (SSSR count). The predicted molar refractivity (Wildman–Crippen MR) is 59.0 cm³/mol. The van der Waals surface area contributed by atoms with Gasteiger partial charge in [-0.1, -0.05) is 13.8 Å². The fraction of sp³-hybridized carbons (Fsp3) is 1.00. The third-order valence-corrected chi connectivity index (χ3v) is 3.66. The minimum Gasteiger partial charge on any atom is -0.325 e. The summed E-state index contributed by atoms with van der Waals surface area (Å²) >= 11 is 0. The first-order chi connectivity index (χ1) is 7.23. The van der Waals surface area contributed by atoms with E-state index in [1.54, 1.807) is 0 Å². The first-order valence-electron chi connectivity index (χ1n) is 6.08. The maximum atomic E-state index is 12.5. The van der Waals surface area contributed by atoms with Crippen molar-refractivity contribution < 1.29 is 13.2 Å². The summed E-state index contributed by atoms with van der Waals surface area (Å²) in [5.41, 5.74) is 5.80. The summed E-state index contributed by atoms with van der Waals surface area (Å²) in [5.74, 6) is -0.552. The van der Waals surface area contributed by atoms with Crippen molar-refractivity contribution in [2.45, 2.75) is 64.1 Å². The molecule has 1 fully saturated rings. The van der Waals surface area contributed by atoms with E-state index in [0.717, 1.165) is 12.8 Å². The summed E-state index contributed by atoms with van der Waals surface area (Å²) < 4.78 is 37.4. The number of nitrogens with two attached hydrogens (primary N) is 1. The molecule has 0 aliphatic heterocycles. The lowest BCUT2D eigenvalue weighted by Crippen LogP contribution is -2.45. The van der Waals surface area contributed by atoms with Crippen LogP contribution >= 0.6 is 0 Å². The fourth-order valence-electron chi connectivity index (χ4n) is 2.35. The van der Waals surface area contributed by atoms with Crippen molar-refractivity contribution in [3.8, 4) is 0 Å². The molecule has 1 nitrogen and oxygen atoms in total. The number of hydrogen-bond acceptors (Lipinski definition) is 1. The molecule has 0 bridgehead atoms. The van der Waals surface area contributed by atoms with Crippen LogP contribution in [-0.4, -0.2) is 11.7 Å². The van der Waals surface area contributed by atoms with Crippen LogP contribution in [0.3, 0.4) is 0 Å². The average molecular weight is 237 g/mol. The van der Waals surface area contributed by atoms with Crippen molar-refractivity contribution in [2.24, 2.45) is 17.6 Å². The highest BCUT2D eigenvalue weighted by Crippen LogP contribution is 2.41. The van der Waals surface area contributed by atoms with Crippen molar-refractivity contribution in [3.63, 3.8) is 0 Å². The molecule has 0 spiro atoms. The summed E-state index contributed by atoms with van der Waals surface area (Å²) in [4.78, 5) is 0. The van der Waals surface area contributed by atoms with E-state index in [-0.39, 0.29) is 18.4 Å². The highest BCUT2D eigenvalue weighted by atomic mass is 19.4. The van der Waals surface area contributed by atoms with Crippen LogP contribution in [-0.2, 0) is 0 Å². The van der Waals surface area contributed by atoms with E-state index < -0.39 is 12.1 Å². The minimum atomic E-state index is -4.03. The lowest BCUT2D eigenvalue weighted by Gasteiger charge is -2.38. The van der Waals surface area contributed by atoms with Crippen molar-refractivity contribution in [3.05, 3.63) is 0 Å². The highest BCUT2D eigenvalue weighted by Gasteiger charge is 2.44. The zero-order chi connectivity index (χ0) is 12.4. The van der Waals surface area contributed by atoms with Crippen molar-refractivity contribution in [1.82, 2.24) is 0 Å². The molecule has 0 saturated heterocycles. The van der Waals surface area contributed by atoms with Crippen LogP contribution in [0, 0.1) is 11.8 Å². The van der Waals surface area contributed by atoms with Gasteiger partial charge in [-0.3, -0.25) is 0 Å². The summed E-state index contributed by atoms with van der Waals surface area (Å²) in [7, 11) is 0. The van der Waals surface area contributed by atoms with Gasteiger partial charge in [-0.15, -0.1) is 0 Å². The number of hydrogen-bond donors (Lipinski definition) is 1. The quantitative estimate of drug-likeness (QED) is 0.792. The van der Waals surface area contributed by atoms with Crippen molar-refractivity contribution >= 4 is 0 Å². The van der Waals surface area contributed by atoms with Gasteiger partial charge in [0.15, 0.2) is 0 Å². The average Bonchev–Trinajstić information content (AvgIpc) is 2.14. The Balaban J connectivity index is 2.41. The zero-order valence-electron chi connectivity index (χ0n) is 10.1. The standard InChI is InChI=1S/C12H22F3N/c1-9(2)3-6-11(16)7-4-10(5-8-11)12(13,14)15/h9-10H,3-8,16H2,1-2H3. The lowest BCUT2D eigenvalue weighted by atomic mass is 9.74. The Labute approximate surface area is 95.6 Å². The van der Waals surface area contributed by atoms with E-state index in [0.29, 0.717) is 18.8 Å². The van der Waals surface area contributed by atoms with Gasteiger partial charge in [-0.05, 0) is 44.4 Å². The Kier molecular flexibility index (Phi) is 4.27. The smallest absolute Gasteiger partial charge is 0.325 e. The van der Waals surface area contributed by atoms with E-state index >= 15 is 0 Å². The molecule has 1 aliphatic carbocycles. The molecule has 4 heteroatoms. The van der Waals surface area contributed by atoms with Gasteiger partial charge in [-0.25, -0.2) is 0 Å². The molecular weight excluding hydrogens is 215 g/mol. The monoisotopic (exact) mass is 237 g/mol.